The van der Waals surface area contributed by atoms with Gasteiger partial charge in [-0.3, -0.25) is 9.48 Å². The van der Waals surface area contributed by atoms with E-state index < -0.39 is 0 Å². The Labute approximate surface area is 112 Å². The fourth-order valence-electron chi connectivity index (χ4n) is 2.19. The molecule has 1 amide bonds. The fourth-order valence-corrected chi connectivity index (χ4v) is 2.19. The normalized spacial score (nSPS) is 19.3. The Morgan fingerprint density at radius 2 is 2.58 bits per heavy atom. The number of nitrogens with zero attached hydrogens (tertiary/aromatic N) is 3. The molecule has 19 heavy (non-hydrogen) atoms. The summed E-state index contributed by atoms with van der Waals surface area (Å²) in [6.07, 6.45) is 4.10. The lowest BCUT2D eigenvalue weighted by atomic mass is 10.00. The van der Waals surface area contributed by atoms with Crippen molar-refractivity contribution in [1.29, 1.82) is 0 Å². The molecule has 1 atom stereocenters. The molecule has 0 radical (unpaired) electrons. The molecule has 2 N–H and O–H groups in total. The van der Waals surface area contributed by atoms with Crippen LogP contribution in [-0.2, 0) is 11.3 Å². The van der Waals surface area contributed by atoms with E-state index in [2.05, 4.69) is 20.9 Å². The highest BCUT2D eigenvalue weighted by atomic mass is 16.5. The van der Waals surface area contributed by atoms with E-state index in [-0.39, 0.29) is 5.91 Å². The van der Waals surface area contributed by atoms with E-state index in [1.165, 1.54) is 12.8 Å². The molecule has 1 aliphatic rings. The molecular weight excluding hydrogens is 246 g/mol. The Morgan fingerprint density at radius 3 is 3.32 bits per heavy atom. The molecule has 0 spiro atoms. The van der Waals surface area contributed by atoms with Gasteiger partial charge < -0.3 is 15.4 Å². The number of hydrogen-bond acceptors (Lipinski definition) is 5. The van der Waals surface area contributed by atoms with E-state index in [1.54, 1.807) is 18.0 Å². The van der Waals surface area contributed by atoms with E-state index in [0.29, 0.717) is 24.8 Å². The van der Waals surface area contributed by atoms with Gasteiger partial charge in [0, 0.05) is 20.2 Å². The maximum Gasteiger partial charge on any atom is 0.273 e. The van der Waals surface area contributed by atoms with Crippen molar-refractivity contribution in [1.82, 2.24) is 25.6 Å². The van der Waals surface area contributed by atoms with Crippen LogP contribution in [0.5, 0.6) is 0 Å². The molecule has 0 saturated carbocycles. The lowest BCUT2D eigenvalue weighted by Crippen LogP contribution is -2.32. The predicted molar refractivity (Wildman–Crippen MR) is 69.8 cm³/mol. The van der Waals surface area contributed by atoms with Gasteiger partial charge in [-0.2, -0.15) is 0 Å². The van der Waals surface area contributed by atoms with Crippen LogP contribution in [-0.4, -0.2) is 54.3 Å². The lowest BCUT2D eigenvalue weighted by Gasteiger charge is -2.22. The Kier molecular flexibility index (Phi) is 5.29. The van der Waals surface area contributed by atoms with Gasteiger partial charge in [0.1, 0.15) is 0 Å². The minimum Gasteiger partial charge on any atom is -0.383 e. The summed E-state index contributed by atoms with van der Waals surface area (Å²) in [5.41, 5.74) is 0.361. The van der Waals surface area contributed by atoms with Crippen molar-refractivity contribution in [2.75, 3.05) is 33.4 Å². The number of hydrogen-bond donors (Lipinski definition) is 2. The van der Waals surface area contributed by atoms with Crippen molar-refractivity contribution in [3.05, 3.63) is 11.9 Å². The van der Waals surface area contributed by atoms with Crippen LogP contribution in [0.3, 0.4) is 0 Å². The van der Waals surface area contributed by atoms with Gasteiger partial charge in [0.15, 0.2) is 5.69 Å². The Balaban J connectivity index is 1.82. The van der Waals surface area contributed by atoms with Gasteiger partial charge in [0.2, 0.25) is 0 Å². The third-order valence-electron chi connectivity index (χ3n) is 3.21. The third-order valence-corrected chi connectivity index (χ3v) is 3.21. The third kappa shape index (κ3) is 4.29. The van der Waals surface area contributed by atoms with Crippen molar-refractivity contribution in [3.63, 3.8) is 0 Å². The van der Waals surface area contributed by atoms with Crippen LogP contribution in [0.2, 0.25) is 0 Å². The van der Waals surface area contributed by atoms with Crippen LogP contribution in [0.1, 0.15) is 23.3 Å². The minimum absolute atomic E-state index is 0.204. The molecule has 106 valence electrons. The first-order chi connectivity index (χ1) is 9.29. The first kappa shape index (κ1) is 14.0. The van der Waals surface area contributed by atoms with Gasteiger partial charge in [0.25, 0.3) is 5.91 Å². The minimum atomic E-state index is -0.204. The zero-order valence-corrected chi connectivity index (χ0v) is 11.3. The average Bonchev–Trinajstić information content (AvgIpc) is 2.89. The molecule has 0 bridgehead atoms. The number of carbonyl (C=O) groups excluding carboxylic acids is 1. The van der Waals surface area contributed by atoms with Crippen molar-refractivity contribution in [3.8, 4) is 0 Å². The summed E-state index contributed by atoms with van der Waals surface area (Å²) in [6, 6.07) is 0. The van der Waals surface area contributed by atoms with Crippen LogP contribution in [0.15, 0.2) is 6.20 Å². The fraction of sp³-hybridized carbons (Fsp3) is 0.750. The molecule has 0 aliphatic carbocycles. The quantitative estimate of drug-likeness (QED) is 0.689. The SMILES string of the molecule is COCCNC(=O)c1cn(C[C@H]2CCCNC2)nn1. The molecule has 1 saturated heterocycles. The summed E-state index contributed by atoms with van der Waals surface area (Å²) < 4.78 is 6.62. The lowest BCUT2D eigenvalue weighted by molar-refractivity contribution is 0.0932. The number of ether oxygens (including phenoxy) is 1. The van der Waals surface area contributed by atoms with Gasteiger partial charge in [0.05, 0.1) is 12.8 Å². The number of nitrogens with one attached hydrogen (secondary N) is 2. The molecule has 7 nitrogen and oxygen atoms in total. The zero-order chi connectivity index (χ0) is 13.5. The molecule has 2 rings (SSSR count). The Morgan fingerprint density at radius 1 is 1.68 bits per heavy atom. The average molecular weight is 267 g/mol. The van der Waals surface area contributed by atoms with E-state index in [4.69, 9.17) is 4.74 Å². The summed E-state index contributed by atoms with van der Waals surface area (Å²) in [4.78, 5) is 11.7. The smallest absolute Gasteiger partial charge is 0.273 e. The van der Waals surface area contributed by atoms with Gasteiger partial charge in [-0.05, 0) is 31.8 Å². The maximum absolute atomic E-state index is 11.7. The molecular formula is C12H21N5O2. The second kappa shape index (κ2) is 7.20. The number of rotatable bonds is 6. The highest BCUT2D eigenvalue weighted by molar-refractivity contribution is 5.91. The molecule has 1 aliphatic heterocycles. The van der Waals surface area contributed by atoms with Crippen LogP contribution < -0.4 is 10.6 Å². The summed E-state index contributed by atoms with van der Waals surface area (Å²) in [6.45, 7) is 3.89. The molecule has 2 heterocycles. The van der Waals surface area contributed by atoms with E-state index in [0.717, 1.165) is 19.6 Å². The van der Waals surface area contributed by atoms with Gasteiger partial charge in [-0.15, -0.1) is 5.10 Å². The zero-order valence-electron chi connectivity index (χ0n) is 11.3. The Bertz CT molecular complexity index is 401. The van der Waals surface area contributed by atoms with Crippen LogP contribution in [0.4, 0.5) is 0 Å². The highest BCUT2D eigenvalue weighted by Gasteiger charge is 2.16. The monoisotopic (exact) mass is 267 g/mol. The van der Waals surface area contributed by atoms with Crippen LogP contribution >= 0.6 is 0 Å². The summed E-state index contributed by atoms with van der Waals surface area (Å²) in [5.74, 6) is 0.366. The van der Waals surface area contributed by atoms with Gasteiger partial charge in [-0.1, -0.05) is 5.21 Å². The second-order valence-electron chi connectivity index (χ2n) is 4.79. The second-order valence-corrected chi connectivity index (χ2v) is 4.79. The summed E-state index contributed by atoms with van der Waals surface area (Å²) in [7, 11) is 1.60. The van der Waals surface area contributed by atoms with E-state index in [1.807, 2.05) is 0 Å². The summed E-state index contributed by atoms with van der Waals surface area (Å²) in [5, 5.41) is 14.0. The maximum atomic E-state index is 11.7. The molecule has 7 heteroatoms. The van der Waals surface area contributed by atoms with Gasteiger partial charge in [-0.25, -0.2) is 0 Å². The number of methoxy groups -OCH3 is 1. The number of aromatic nitrogens is 3. The first-order valence-corrected chi connectivity index (χ1v) is 6.67. The van der Waals surface area contributed by atoms with Crippen LogP contribution in [0, 0.1) is 5.92 Å². The molecule has 0 unspecified atom stereocenters. The topological polar surface area (TPSA) is 81.1 Å². The van der Waals surface area contributed by atoms with Crippen molar-refractivity contribution in [2.45, 2.75) is 19.4 Å². The van der Waals surface area contributed by atoms with Crippen molar-refractivity contribution >= 4 is 5.91 Å². The Hall–Kier alpha value is -1.47. The predicted octanol–water partition coefficient (Wildman–Crippen LogP) is -0.346. The van der Waals surface area contributed by atoms with Gasteiger partial charge >= 0.3 is 0 Å². The number of amides is 1. The van der Waals surface area contributed by atoms with Crippen molar-refractivity contribution < 1.29 is 9.53 Å². The largest absolute Gasteiger partial charge is 0.383 e. The highest BCUT2D eigenvalue weighted by Crippen LogP contribution is 2.11. The molecule has 0 aromatic carbocycles. The van der Waals surface area contributed by atoms with E-state index >= 15 is 0 Å². The standard InChI is InChI=1S/C12H21N5O2/c1-19-6-5-14-12(18)11-9-17(16-15-11)8-10-3-2-4-13-7-10/h9-10,13H,2-8H2,1H3,(H,14,18)/t10-/m0/s1. The summed E-state index contributed by atoms with van der Waals surface area (Å²) >= 11 is 0. The first-order valence-electron chi connectivity index (χ1n) is 6.67. The number of carbonyl (C=O) groups is 1. The van der Waals surface area contributed by atoms with Crippen molar-refractivity contribution in [2.24, 2.45) is 5.92 Å². The van der Waals surface area contributed by atoms with E-state index in [9.17, 15) is 4.79 Å². The number of piperidine rings is 1. The van der Waals surface area contributed by atoms with Crippen LogP contribution in [0.25, 0.3) is 0 Å². The molecule has 1 fully saturated rings. The molecule has 1 aromatic heterocycles. The molecule has 1 aromatic rings.